The summed E-state index contributed by atoms with van der Waals surface area (Å²) in [5, 5.41) is 19.1. The van der Waals surface area contributed by atoms with Gasteiger partial charge in [0.15, 0.2) is 0 Å². The van der Waals surface area contributed by atoms with Crippen molar-refractivity contribution in [3.63, 3.8) is 0 Å². The molecule has 1 aromatic rings. The number of piperidine rings is 1. The monoisotopic (exact) mass is 377 g/mol. The number of ether oxygens (including phenoxy) is 1. The third kappa shape index (κ3) is 4.67. The molecule has 1 fully saturated rings. The molecular formula is C18H23N3O4S. The number of aromatic nitrogens is 1. The van der Waals surface area contributed by atoms with Crippen LogP contribution in [-0.2, 0) is 9.53 Å². The standard InChI is InChI=1S/C18H23N3O4S/c1-18(2,3)25-17(24)11-5-7-21(8-6-11)14-12(10-19)9-13(16(22)23)15(20-14)26-4/h9,11H,5-8H2,1-4H3,(H,22,23). The zero-order valence-corrected chi connectivity index (χ0v) is 16.2. The van der Waals surface area contributed by atoms with Crippen molar-refractivity contribution in [2.75, 3.05) is 24.2 Å². The van der Waals surface area contributed by atoms with Gasteiger partial charge < -0.3 is 14.7 Å². The molecule has 0 amide bonds. The number of carboxylic acids is 1. The summed E-state index contributed by atoms with van der Waals surface area (Å²) in [5.41, 5.74) is -0.249. The maximum absolute atomic E-state index is 12.2. The number of anilines is 1. The fourth-order valence-electron chi connectivity index (χ4n) is 2.83. The van der Waals surface area contributed by atoms with Gasteiger partial charge >= 0.3 is 11.9 Å². The Morgan fingerprint density at radius 2 is 2.00 bits per heavy atom. The number of carbonyl (C=O) groups is 2. The fourth-order valence-corrected chi connectivity index (χ4v) is 3.38. The zero-order chi connectivity index (χ0) is 19.5. The van der Waals surface area contributed by atoms with E-state index in [4.69, 9.17) is 4.74 Å². The molecular weight excluding hydrogens is 354 g/mol. The predicted octanol–water partition coefficient (Wildman–Crippen LogP) is 2.93. The molecule has 140 valence electrons. The van der Waals surface area contributed by atoms with E-state index in [1.807, 2.05) is 31.7 Å². The van der Waals surface area contributed by atoms with Crippen molar-refractivity contribution in [1.29, 1.82) is 5.26 Å². The van der Waals surface area contributed by atoms with E-state index in [-0.39, 0.29) is 23.0 Å². The largest absolute Gasteiger partial charge is 0.478 e. The second-order valence-electron chi connectivity index (χ2n) is 7.13. The van der Waals surface area contributed by atoms with Crippen LogP contribution in [0.15, 0.2) is 11.1 Å². The highest BCUT2D eigenvalue weighted by atomic mass is 32.2. The lowest BCUT2D eigenvalue weighted by atomic mass is 9.96. The van der Waals surface area contributed by atoms with Crippen molar-refractivity contribution in [2.45, 2.75) is 44.2 Å². The summed E-state index contributed by atoms with van der Waals surface area (Å²) in [6.45, 7) is 6.66. The Morgan fingerprint density at radius 1 is 1.38 bits per heavy atom. The summed E-state index contributed by atoms with van der Waals surface area (Å²) >= 11 is 1.23. The van der Waals surface area contributed by atoms with Crippen molar-refractivity contribution in [1.82, 2.24) is 4.98 Å². The quantitative estimate of drug-likeness (QED) is 0.631. The van der Waals surface area contributed by atoms with Gasteiger partial charge in [-0.15, -0.1) is 11.8 Å². The third-order valence-corrected chi connectivity index (χ3v) is 4.74. The first-order valence-electron chi connectivity index (χ1n) is 8.36. The van der Waals surface area contributed by atoms with Crippen molar-refractivity contribution in [3.05, 3.63) is 17.2 Å². The number of hydrogen-bond acceptors (Lipinski definition) is 7. The number of nitrogens with zero attached hydrogens (tertiary/aromatic N) is 3. The van der Waals surface area contributed by atoms with Crippen LogP contribution in [0.4, 0.5) is 5.82 Å². The van der Waals surface area contributed by atoms with Crippen molar-refractivity contribution in [3.8, 4) is 6.07 Å². The third-order valence-electron chi connectivity index (χ3n) is 4.05. The highest BCUT2D eigenvalue weighted by Crippen LogP contribution is 2.30. The van der Waals surface area contributed by atoms with Gasteiger partial charge in [-0.1, -0.05) is 0 Å². The minimum absolute atomic E-state index is 0.0291. The van der Waals surface area contributed by atoms with E-state index in [9.17, 15) is 20.0 Å². The van der Waals surface area contributed by atoms with Gasteiger partial charge in [0, 0.05) is 13.1 Å². The molecule has 0 saturated carbocycles. The van der Waals surface area contributed by atoms with Crippen LogP contribution in [0.25, 0.3) is 0 Å². The fraction of sp³-hybridized carbons (Fsp3) is 0.556. The summed E-state index contributed by atoms with van der Waals surface area (Å²) in [5.74, 6) is -0.996. The van der Waals surface area contributed by atoms with E-state index in [1.54, 1.807) is 6.26 Å². The van der Waals surface area contributed by atoms with Crippen LogP contribution >= 0.6 is 11.8 Å². The Labute approximate surface area is 157 Å². The molecule has 2 rings (SSSR count). The Hall–Kier alpha value is -2.27. The number of esters is 1. The first-order valence-corrected chi connectivity index (χ1v) is 9.59. The van der Waals surface area contributed by atoms with Crippen LogP contribution in [0.2, 0.25) is 0 Å². The van der Waals surface area contributed by atoms with Gasteiger partial charge in [-0.3, -0.25) is 4.79 Å². The van der Waals surface area contributed by atoms with E-state index in [0.29, 0.717) is 36.8 Å². The number of aromatic carboxylic acids is 1. The van der Waals surface area contributed by atoms with E-state index in [0.717, 1.165) is 0 Å². The van der Waals surface area contributed by atoms with Gasteiger partial charge in [-0.05, 0) is 45.9 Å². The number of rotatable bonds is 4. The molecule has 26 heavy (non-hydrogen) atoms. The number of carbonyl (C=O) groups excluding carboxylic acids is 1. The molecule has 0 aliphatic carbocycles. The summed E-state index contributed by atoms with van der Waals surface area (Å²) < 4.78 is 5.45. The number of pyridine rings is 1. The van der Waals surface area contributed by atoms with Crippen LogP contribution in [-0.4, -0.2) is 47.0 Å². The van der Waals surface area contributed by atoms with E-state index in [2.05, 4.69) is 4.98 Å². The van der Waals surface area contributed by atoms with Gasteiger partial charge in [0.1, 0.15) is 22.5 Å². The van der Waals surface area contributed by atoms with Gasteiger partial charge in [-0.2, -0.15) is 5.26 Å². The van der Waals surface area contributed by atoms with Crippen molar-refractivity contribution in [2.24, 2.45) is 5.92 Å². The van der Waals surface area contributed by atoms with Gasteiger partial charge in [0.05, 0.1) is 17.0 Å². The molecule has 1 saturated heterocycles. The molecule has 1 aromatic heterocycles. The number of carboxylic acid groups (broad SMARTS) is 1. The zero-order valence-electron chi connectivity index (χ0n) is 15.4. The molecule has 0 spiro atoms. The van der Waals surface area contributed by atoms with Crippen molar-refractivity contribution >= 4 is 29.5 Å². The molecule has 0 unspecified atom stereocenters. The Bertz CT molecular complexity index is 744. The Balaban J connectivity index is 2.18. The average Bonchev–Trinajstić information content (AvgIpc) is 2.59. The molecule has 2 heterocycles. The minimum Gasteiger partial charge on any atom is -0.478 e. The average molecular weight is 377 g/mol. The predicted molar refractivity (Wildman–Crippen MR) is 98.5 cm³/mol. The first kappa shape index (κ1) is 20.0. The van der Waals surface area contributed by atoms with Crippen LogP contribution in [0.3, 0.4) is 0 Å². The molecule has 0 atom stereocenters. The Kier molecular flexibility index (Phi) is 6.13. The summed E-state index contributed by atoms with van der Waals surface area (Å²) in [6.07, 6.45) is 2.97. The van der Waals surface area contributed by atoms with E-state index in [1.165, 1.54) is 17.8 Å². The lowest BCUT2D eigenvalue weighted by Gasteiger charge is -2.33. The lowest BCUT2D eigenvalue weighted by molar-refractivity contribution is -0.160. The molecule has 1 aliphatic heterocycles. The molecule has 7 nitrogen and oxygen atoms in total. The molecule has 8 heteroatoms. The van der Waals surface area contributed by atoms with Crippen molar-refractivity contribution < 1.29 is 19.4 Å². The highest BCUT2D eigenvalue weighted by Gasteiger charge is 2.30. The molecule has 0 radical (unpaired) electrons. The molecule has 1 aliphatic rings. The smallest absolute Gasteiger partial charge is 0.338 e. The topological polar surface area (TPSA) is 104 Å². The number of thioether (sulfide) groups is 1. The SMILES string of the molecule is CSc1nc(N2CCC(C(=O)OC(C)(C)C)CC2)c(C#N)cc1C(=O)O. The van der Waals surface area contributed by atoms with Gasteiger partial charge in [-0.25, -0.2) is 9.78 Å². The molecule has 0 bridgehead atoms. The van der Waals surface area contributed by atoms with Gasteiger partial charge in [0.25, 0.3) is 0 Å². The van der Waals surface area contributed by atoms with E-state index < -0.39 is 11.6 Å². The second-order valence-corrected chi connectivity index (χ2v) is 7.92. The van der Waals surface area contributed by atoms with Crippen LogP contribution in [0, 0.1) is 17.2 Å². The molecule has 1 N–H and O–H groups in total. The normalized spacial score (nSPS) is 15.4. The van der Waals surface area contributed by atoms with Crippen LogP contribution < -0.4 is 4.90 Å². The highest BCUT2D eigenvalue weighted by molar-refractivity contribution is 7.98. The minimum atomic E-state index is -1.10. The Morgan fingerprint density at radius 3 is 2.46 bits per heavy atom. The lowest BCUT2D eigenvalue weighted by Crippen LogP contribution is -2.39. The van der Waals surface area contributed by atoms with Crippen LogP contribution in [0.5, 0.6) is 0 Å². The number of hydrogen-bond donors (Lipinski definition) is 1. The van der Waals surface area contributed by atoms with E-state index >= 15 is 0 Å². The summed E-state index contributed by atoms with van der Waals surface area (Å²) in [6, 6.07) is 3.41. The number of nitriles is 1. The first-order chi connectivity index (χ1) is 12.2. The molecule has 0 aromatic carbocycles. The maximum Gasteiger partial charge on any atom is 0.338 e. The van der Waals surface area contributed by atoms with Gasteiger partial charge in [0.2, 0.25) is 0 Å². The maximum atomic E-state index is 12.2. The summed E-state index contributed by atoms with van der Waals surface area (Å²) in [7, 11) is 0. The van der Waals surface area contributed by atoms with Crippen LogP contribution in [0.1, 0.15) is 49.5 Å². The summed E-state index contributed by atoms with van der Waals surface area (Å²) in [4.78, 5) is 29.9. The second kappa shape index (κ2) is 7.96.